The van der Waals surface area contributed by atoms with Crippen molar-refractivity contribution in [1.29, 1.82) is 0 Å². The molecule has 1 atom stereocenters. The maximum atomic E-state index is 12.4. The zero-order valence-electron chi connectivity index (χ0n) is 11.9. The van der Waals surface area contributed by atoms with Crippen LogP contribution in [-0.4, -0.2) is 37.4 Å². The first kappa shape index (κ1) is 16.5. The molecular formula is C15H15NO4S2. The van der Waals surface area contributed by atoms with Crippen LogP contribution in [0.25, 0.3) is 6.08 Å². The molecule has 5 nitrogen and oxygen atoms in total. The molecule has 0 bridgehead atoms. The van der Waals surface area contributed by atoms with E-state index in [9.17, 15) is 19.8 Å². The number of phenols is 1. The number of aromatic hydroxyl groups is 1. The molecule has 0 spiro atoms. The van der Waals surface area contributed by atoms with Crippen molar-refractivity contribution >= 4 is 46.3 Å². The van der Waals surface area contributed by atoms with Crippen LogP contribution in [0, 0.1) is 0 Å². The van der Waals surface area contributed by atoms with E-state index in [2.05, 4.69) is 0 Å². The topological polar surface area (TPSA) is 77.8 Å². The van der Waals surface area contributed by atoms with E-state index in [-0.39, 0.29) is 16.0 Å². The van der Waals surface area contributed by atoms with Gasteiger partial charge in [-0.1, -0.05) is 49.5 Å². The van der Waals surface area contributed by atoms with Crippen molar-refractivity contribution in [3.05, 3.63) is 34.7 Å². The van der Waals surface area contributed by atoms with Gasteiger partial charge in [0.25, 0.3) is 5.91 Å². The lowest BCUT2D eigenvalue weighted by atomic mass is 10.1. The van der Waals surface area contributed by atoms with Crippen LogP contribution in [-0.2, 0) is 9.59 Å². The first-order chi connectivity index (χ1) is 10.4. The van der Waals surface area contributed by atoms with Crippen LogP contribution in [0.5, 0.6) is 5.75 Å². The summed E-state index contributed by atoms with van der Waals surface area (Å²) < 4.78 is 0.260. The predicted molar refractivity (Wildman–Crippen MR) is 89.5 cm³/mol. The van der Waals surface area contributed by atoms with Crippen molar-refractivity contribution in [2.45, 2.75) is 25.8 Å². The molecule has 1 aromatic carbocycles. The highest BCUT2D eigenvalue weighted by Gasteiger charge is 2.39. The van der Waals surface area contributed by atoms with Gasteiger partial charge in [0, 0.05) is 0 Å². The molecule has 116 valence electrons. The van der Waals surface area contributed by atoms with E-state index in [0.717, 1.165) is 17.3 Å². The third-order valence-corrected chi connectivity index (χ3v) is 4.50. The molecule has 1 heterocycles. The number of carbonyl (C=O) groups excluding carboxylic acids is 1. The summed E-state index contributed by atoms with van der Waals surface area (Å²) in [4.78, 5) is 25.4. The molecule has 2 rings (SSSR count). The molecule has 1 aliphatic heterocycles. The number of nitrogens with zero attached hydrogens (tertiary/aromatic N) is 1. The average molecular weight is 337 g/mol. The summed E-state index contributed by atoms with van der Waals surface area (Å²) in [5.74, 6) is -1.30. The number of amides is 1. The summed E-state index contributed by atoms with van der Waals surface area (Å²) in [6, 6.07) is 5.45. The van der Waals surface area contributed by atoms with Gasteiger partial charge < -0.3 is 10.2 Å². The molecule has 1 aromatic rings. The van der Waals surface area contributed by atoms with Crippen LogP contribution in [0.2, 0.25) is 0 Å². The standard InChI is InChI=1S/C15H15NO4S2/c1-2-3-11(14(19)20)16-13(18)12(22-15(16)21)8-9-4-6-10(17)7-5-9/h4-8,11,17H,2-3H2,1H3,(H,19,20)/b12-8+/t11-/m1/s1. The van der Waals surface area contributed by atoms with Crippen molar-refractivity contribution in [1.82, 2.24) is 4.90 Å². The lowest BCUT2D eigenvalue weighted by Crippen LogP contribution is -2.43. The van der Waals surface area contributed by atoms with Crippen molar-refractivity contribution in [2.75, 3.05) is 0 Å². The van der Waals surface area contributed by atoms with E-state index < -0.39 is 12.0 Å². The van der Waals surface area contributed by atoms with Gasteiger partial charge in [0.05, 0.1) is 4.91 Å². The van der Waals surface area contributed by atoms with Gasteiger partial charge in [-0.3, -0.25) is 9.69 Å². The maximum absolute atomic E-state index is 12.4. The van der Waals surface area contributed by atoms with Crippen molar-refractivity contribution in [2.24, 2.45) is 0 Å². The third kappa shape index (κ3) is 3.48. The first-order valence-corrected chi connectivity index (χ1v) is 7.95. The Labute approximate surface area is 137 Å². The second-order valence-electron chi connectivity index (χ2n) is 4.79. The lowest BCUT2D eigenvalue weighted by molar-refractivity contribution is -0.145. The van der Waals surface area contributed by atoms with E-state index in [1.165, 1.54) is 17.0 Å². The SMILES string of the molecule is CCC[C@H](C(=O)O)N1C(=O)/C(=C\c2ccc(O)cc2)SC1=S. The average Bonchev–Trinajstić information content (AvgIpc) is 2.73. The monoisotopic (exact) mass is 337 g/mol. The highest BCUT2D eigenvalue weighted by Crippen LogP contribution is 2.35. The summed E-state index contributed by atoms with van der Waals surface area (Å²) >= 11 is 6.26. The van der Waals surface area contributed by atoms with Gasteiger partial charge in [0.15, 0.2) is 0 Å². The molecule has 1 saturated heterocycles. The molecule has 0 aliphatic carbocycles. The van der Waals surface area contributed by atoms with Gasteiger partial charge >= 0.3 is 5.97 Å². The lowest BCUT2D eigenvalue weighted by Gasteiger charge is -2.22. The summed E-state index contributed by atoms with van der Waals surface area (Å²) in [7, 11) is 0. The number of hydrogen-bond acceptors (Lipinski definition) is 5. The summed E-state index contributed by atoms with van der Waals surface area (Å²) in [5, 5.41) is 18.6. The van der Waals surface area contributed by atoms with Crippen LogP contribution in [0.3, 0.4) is 0 Å². The molecule has 22 heavy (non-hydrogen) atoms. The Hall–Kier alpha value is -1.86. The number of thiocarbonyl (C=S) groups is 1. The highest BCUT2D eigenvalue weighted by atomic mass is 32.2. The quantitative estimate of drug-likeness (QED) is 0.635. The Morgan fingerprint density at radius 3 is 2.59 bits per heavy atom. The number of benzene rings is 1. The van der Waals surface area contributed by atoms with E-state index in [1.807, 2.05) is 6.92 Å². The first-order valence-electron chi connectivity index (χ1n) is 6.73. The Morgan fingerprint density at radius 2 is 2.05 bits per heavy atom. The molecule has 7 heteroatoms. The second kappa shape index (κ2) is 6.93. The number of carboxylic acids is 1. The fourth-order valence-corrected chi connectivity index (χ4v) is 3.46. The van der Waals surface area contributed by atoms with E-state index in [1.54, 1.807) is 18.2 Å². The Balaban J connectivity index is 2.27. The number of carboxylic acid groups (broad SMARTS) is 1. The van der Waals surface area contributed by atoms with Crippen LogP contribution >= 0.6 is 24.0 Å². The smallest absolute Gasteiger partial charge is 0.326 e. The van der Waals surface area contributed by atoms with Crippen LogP contribution < -0.4 is 0 Å². The second-order valence-corrected chi connectivity index (χ2v) is 6.46. The van der Waals surface area contributed by atoms with Crippen molar-refractivity contribution in [3.63, 3.8) is 0 Å². The molecule has 1 aliphatic rings. The highest BCUT2D eigenvalue weighted by molar-refractivity contribution is 8.26. The van der Waals surface area contributed by atoms with Crippen LogP contribution in [0.15, 0.2) is 29.2 Å². The van der Waals surface area contributed by atoms with Gasteiger partial charge in [-0.2, -0.15) is 0 Å². The van der Waals surface area contributed by atoms with E-state index in [4.69, 9.17) is 12.2 Å². The fourth-order valence-electron chi connectivity index (χ4n) is 2.11. The van der Waals surface area contributed by atoms with Gasteiger partial charge in [0.1, 0.15) is 16.1 Å². The number of thioether (sulfide) groups is 1. The summed E-state index contributed by atoms with van der Waals surface area (Å²) in [6.07, 6.45) is 2.64. The van der Waals surface area contributed by atoms with Gasteiger partial charge in [-0.15, -0.1) is 0 Å². The minimum atomic E-state index is -1.05. The minimum absolute atomic E-state index is 0.138. The molecule has 0 aromatic heterocycles. The number of aliphatic carboxylic acids is 1. The van der Waals surface area contributed by atoms with Crippen LogP contribution in [0.1, 0.15) is 25.3 Å². The number of rotatable bonds is 5. The van der Waals surface area contributed by atoms with Gasteiger partial charge in [-0.05, 0) is 30.2 Å². The van der Waals surface area contributed by atoms with Crippen molar-refractivity contribution in [3.8, 4) is 5.75 Å². The molecule has 0 radical (unpaired) electrons. The van der Waals surface area contributed by atoms with Gasteiger partial charge in [-0.25, -0.2) is 4.79 Å². The largest absolute Gasteiger partial charge is 0.508 e. The zero-order valence-corrected chi connectivity index (χ0v) is 13.5. The predicted octanol–water partition coefficient (Wildman–Crippen LogP) is 2.85. The van der Waals surface area contributed by atoms with Crippen molar-refractivity contribution < 1.29 is 19.8 Å². The van der Waals surface area contributed by atoms with Crippen LogP contribution in [0.4, 0.5) is 0 Å². The summed E-state index contributed by atoms with van der Waals surface area (Å²) in [6.45, 7) is 1.86. The number of phenolic OH excluding ortho intramolecular Hbond substituents is 1. The fraction of sp³-hybridized carbons (Fsp3) is 0.267. The number of hydrogen-bond donors (Lipinski definition) is 2. The molecule has 1 fully saturated rings. The van der Waals surface area contributed by atoms with E-state index >= 15 is 0 Å². The Morgan fingerprint density at radius 1 is 1.41 bits per heavy atom. The normalized spacial score (nSPS) is 18.0. The Bertz CT molecular complexity index is 639. The molecule has 0 saturated carbocycles. The third-order valence-electron chi connectivity index (χ3n) is 3.17. The number of carbonyl (C=O) groups is 2. The molecule has 1 amide bonds. The maximum Gasteiger partial charge on any atom is 0.326 e. The summed E-state index contributed by atoms with van der Waals surface area (Å²) in [5.41, 5.74) is 0.737. The van der Waals surface area contributed by atoms with E-state index in [0.29, 0.717) is 17.7 Å². The minimum Gasteiger partial charge on any atom is -0.508 e. The zero-order chi connectivity index (χ0) is 16.3. The molecule has 0 unspecified atom stereocenters. The Kier molecular flexibility index (Phi) is 5.20. The molecule has 2 N–H and O–H groups in total. The van der Waals surface area contributed by atoms with Gasteiger partial charge in [0.2, 0.25) is 0 Å². The molecular weight excluding hydrogens is 322 g/mol.